The van der Waals surface area contributed by atoms with E-state index in [9.17, 15) is 20.4 Å². The van der Waals surface area contributed by atoms with E-state index in [1.165, 1.54) is 0 Å². The van der Waals surface area contributed by atoms with Crippen LogP contribution in [0, 0.1) is 5.41 Å². The Bertz CT molecular complexity index is 613. The summed E-state index contributed by atoms with van der Waals surface area (Å²) in [6, 6.07) is 17.5. The van der Waals surface area contributed by atoms with Crippen molar-refractivity contribution in [3.8, 4) is 0 Å². The van der Waals surface area contributed by atoms with Crippen molar-refractivity contribution >= 4 is 17.2 Å². The van der Waals surface area contributed by atoms with Gasteiger partial charge in [-0.3, -0.25) is 0 Å². The van der Waals surface area contributed by atoms with Gasteiger partial charge in [-0.2, -0.15) is 0 Å². The highest BCUT2D eigenvalue weighted by atomic mass is 31.2. The first-order valence-electron chi connectivity index (χ1n) is 7.97. The first kappa shape index (κ1) is 25.0. The maximum Gasteiger partial charge on any atom is 0.334 e. The summed E-state index contributed by atoms with van der Waals surface area (Å²) in [5.74, 6) is 0. The van der Waals surface area contributed by atoms with Crippen LogP contribution in [0.4, 0.5) is 0 Å². The molecule has 0 aliphatic rings. The van der Waals surface area contributed by atoms with E-state index in [0.717, 1.165) is 0 Å². The molecule has 156 valence electrons. The van der Waals surface area contributed by atoms with Crippen LogP contribution in [0.15, 0.2) is 60.7 Å². The lowest BCUT2D eigenvalue weighted by Gasteiger charge is -2.45. The zero-order valence-electron chi connectivity index (χ0n) is 14.8. The first-order chi connectivity index (χ1) is 13.3. The fourth-order valence-electron chi connectivity index (χ4n) is 2.70. The average molecular weight is 434 g/mol. The molecule has 28 heavy (non-hydrogen) atoms. The molecule has 0 radical (unpaired) electrons. The molecule has 8 N–H and O–H groups in total. The molecular formula is C17H24O9P2. The van der Waals surface area contributed by atoms with Crippen LogP contribution in [0.3, 0.4) is 0 Å². The fraction of sp³-hybridized carbons (Fsp3) is 0.294. The maximum absolute atomic E-state index is 11.4. The topological polar surface area (TPSA) is 171 Å². The quantitative estimate of drug-likeness (QED) is 0.272. The molecule has 11 heteroatoms. The Morgan fingerprint density at radius 2 is 0.964 bits per heavy atom. The van der Waals surface area contributed by atoms with Crippen molar-refractivity contribution in [1.82, 2.24) is 0 Å². The lowest BCUT2D eigenvalue weighted by molar-refractivity contribution is -0.136. The van der Waals surface area contributed by atoms with E-state index in [1.807, 2.05) is 12.1 Å². The van der Waals surface area contributed by atoms with Gasteiger partial charge in [-0.25, -0.2) is 4.31 Å². The molecule has 0 saturated carbocycles. The largest absolute Gasteiger partial charge is 0.395 e. The molecule has 0 unspecified atom stereocenters. The van der Waals surface area contributed by atoms with Crippen molar-refractivity contribution in [2.24, 2.45) is 5.41 Å². The third-order valence-corrected chi connectivity index (χ3v) is 5.37. The molecule has 0 fully saturated rings. The highest BCUT2D eigenvalue weighted by Gasteiger charge is 2.52. The van der Waals surface area contributed by atoms with Crippen LogP contribution >= 0.6 is 17.2 Å². The second kappa shape index (κ2) is 11.8. The number of benzene rings is 2. The van der Waals surface area contributed by atoms with Crippen LogP contribution in [0.5, 0.6) is 0 Å². The minimum absolute atomic E-state index is 0.508. The SMILES string of the molecule is OCC(CO)(CO)C(O)(c1ccccc1)c1ccccc1.OP(O)OP(O)O. The van der Waals surface area contributed by atoms with E-state index < -0.39 is 48.0 Å². The molecule has 9 nitrogen and oxygen atoms in total. The van der Waals surface area contributed by atoms with Crippen LogP contribution in [-0.4, -0.2) is 59.8 Å². The van der Waals surface area contributed by atoms with Crippen LogP contribution in [0.1, 0.15) is 11.1 Å². The standard InChI is InChI=1S/C17H20O4.H4O5P2/c18-11-16(12-19,13-20)17(21,14-7-3-1-4-8-14)15-9-5-2-6-10-15;1-6(2)5-7(3)4/h1-10,18-21H,11-13H2;1-4H. The number of aliphatic hydroxyl groups is 4. The van der Waals surface area contributed by atoms with E-state index >= 15 is 0 Å². The van der Waals surface area contributed by atoms with Crippen molar-refractivity contribution < 1.29 is 44.3 Å². The van der Waals surface area contributed by atoms with E-state index in [-0.39, 0.29) is 0 Å². The minimum Gasteiger partial charge on any atom is -0.395 e. The highest BCUT2D eigenvalue weighted by Crippen LogP contribution is 2.44. The third-order valence-electron chi connectivity index (χ3n) is 4.20. The van der Waals surface area contributed by atoms with Gasteiger partial charge in [-0.1, -0.05) is 60.7 Å². The predicted molar refractivity (Wildman–Crippen MR) is 103 cm³/mol. The van der Waals surface area contributed by atoms with Gasteiger partial charge in [0.05, 0.1) is 25.2 Å². The second-order valence-corrected chi connectivity index (χ2v) is 7.45. The van der Waals surface area contributed by atoms with E-state index in [1.54, 1.807) is 48.5 Å². The molecule has 2 rings (SSSR count). The molecule has 0 aromatic heterocycles. The van der Waals surface area contributed by atoms with Gasteiger partial charge in [0.15, 0.2) is 0 Å². The molecule has 0 atom stereocenters. The molecule has 2 aromatic carbocycles. The van der Waals surface area contributed by atoms with Crippen LogP contribution in [0.2, 0.25) is 0 Å². The van der Waals surface area contributed by atoms with Gasteiger partial charge in [0.1, 0.15) is 5.60 Å². The summed E-state index contributed by atoms with van der Waals surface area (Å²) in [5.41, 5.74) is -2.18. The summed E-state index contributed by atoms with van der Waals surface area (Å²) in [6.07, 6.45) is 0. The molecular weight excluding hydrogens is 410 g/mol. The van der Waals surface area contributed by atoms with Gasteiger partial charge in [0.2, 0.25) is 0 Å². The van der Waals surface area contributed by atoms with Crippen molar-refractivity contribution in [1.29, 1.82) is 0 Å². The molecule has 0 saturated heterocycles. The summed E-state index contributed by atoms with van der Waals surface area (Å²) < 4.78 is 3.60. The van der Waals surface area contributed by atoms with Gasteiger partial charge in [-0.05, 0) is 11.1 Å². The predicted octanol–water partition coefficient (Wildman–Crippen LogP) is 0.312. The number of aliphatic hydroxyl groups excluding tert-OH is 3. The summed E-state index contributed by atoms with van der Waals surface area (Å²) in [7, 11) is -5.22. The van der Waals surface area contributed by atoms with Crippen molar-refractivity contribution in [3.05, 3.63) is 71.8 Å². The zero-order valence-corrected chi connectivity index (χ0v) is 16.6. The van der Waals surface area contributed by atoms with Crippen LogP contribution < -0.4 is 0 Å². The summed E-state index contributed by atoms with van der Waals surface area (Å²) in [4.78, 5) is 31.3. The lowest BCUT2D eigenvalue weighted by atomic mass is 9.66. The summed E-state index contributed by atoms with van der Waals surface area (Å²) >= 11 is 0. The average Bonchev–Trinajstić information content (AvgIpc) is 2.70. The first-order valence-corrected chi connectivity index (χ1v) is 10.3. The van der Waals surface area contributed by atoms with Crippen LogP contribution in [0.25, 0.3) is 0 Å². The molecule has 0 heterocycles. The Labute approximate surface area is 164 Å². The van der Waals surface area contributed by atoms with Gasteiger partial charge < -0.3 is 40.0 Å². The van der Waals surface area contributed by atoms with E-state index in [2.05, 4.69) is 4.31 Å². The Hall–Kier alpha value is -1.06. The fourth-order valence-corrected chi connectivity index (χ4v) is 3.22. The third kappa shape index (κ3) is 5.97. The lowest BCUT2D eigenvalue weighted by Crippen LogP contribution is -2.54. The number of hydrogen-bond donors (Lipinski definition) is 8. The van der Waals surface area contributed by atoms with E-state index in [4.69, 9.17) is 19.6 Å². The van der Waals surface area contributed by atoms with Crippen LogP contribution in [-0.2, 0) is 9.91 Å². The Morgan fingerprint density at radius 1 is 0.643 bits per heavy atom. The molecule has 2 aromatic rings. The molecule has 0 aliphatic carbocycles. The summed E-state index contributed by atoms with van der Waals surface area (Å²) in [5, 5.41) is 40.6. The Balaban J connectivity index is 0.000000480. The molecule has 0 bridgehead atoms. The smallest absolute Gasteiger partial charge is 0.334 e. The van der Waals surface area contributed by atoms with Gasteiger partial charge in [0.25, 0.3) is 0 Å². The molecule has 0 aliphatic heterocycles. The van der Waals surface area contributed by atoms with E-state index in [0.29, 0.717) is 11.1 Å². The monoisotopic (exact) mass is 434 g/mol. The number of rotatable bonds is 8. The van der Waals surface area contributed by atoms with Crippen molar-refractivity contribution in [2.45, 2.75) is 5.60 Å². The Morgan fingerprint density at radius 3 is 1.18 bits per heavy atom. The maximum atomic E-state index is 11.4. The normalized spacial score (nSPS) is 12.1. The molecule has 0 spiro atoms. The Kier molecular flexibility index (Phi) is 10.5. The van der Waals surface area contributed by atoms with Gasteiger partial charge in [0, 0.05) is 0 Å². The molecule has 0 amide bonds. The summed E-state index contributed by atoms with van der Waals surface area (Å²) in [6.45, 7) is -1.67. The van der Waals surface area contributed by atoms with Crippen molar-refractivity contribution in [2.75, 3.05) is 19.8 Å². The second-order valence-electron chi connectivity index (χ2n) is 5.78. The highest BCUT2D eigenvalue weighted by molar-refractivity contribution is 7.53. The number of hydrogen-bond acceptors (Lipinski definition) is 9. The van der Waals surface area contributed by atoms with Crippen molar-refractivity contribution in [3.63, 3.8) is 0 Å². The zero-order chi connectivity index (χ0) is 21.2. The van der Waals surface area contributed by atoms with Gasteiger partial charge in [-0.15, -0.1) is 0 Å². The van der Waals surface area contributed by atoms with Gasteiger partial charge >= 0.3 is 17.2 Å². The minimum atomic E-state index is -2.61.